The fourth-order valence-electron chi connectivity index (χ4n) is 3.37. The monoisotopic (exact) mass is 467 g/mol. The van der Waals surface area contributed by atoms with E-state index in [0.29, 0.717) is 37.0 Å². The first-order valence-corrected chi connectivity index (χ1v) is 10.6. The van der Waals surface area contributed by atoms with Gasteiger partial charge in [-0.05, 0) is 54.3 Å². The number of carbonyl (C=O) groups is 1. The van der Waals surface area contributed by atoms with Gasteiger partial charge in [0.1, 0.15) is 5.82 Å². The smallest absolute Gasteiger partial charge is 0.416 e. The molecule has 1 heterocycles. The molecule has 0 aromatic heterocycles. The van der Waals surface area contributed by atoms with E-state index in [2.05, 4.69) is 5.32 Å². The molecule has 0 unspecified atom stereocenters. The van der Waals surface area contributed by atoms with Crippen LogP contribution in [0.3, 0.4) is 0 Å². The topological polar surface area (TPSA) is 67.8 Å². The molecule has 0 fully saturated rings. The summed E-state index contributed by atoms with van der Waals surface area (Å²) in [6.07, 6.45) is -2.18. The summed E-state index contributed by atoms with van der Waals surface area (Å²) in [4.78, 5) is 12.7. The van der Waals surface area contributed by atoms with Crippen molar-refractivity contribution in [1.82, 2.24) is 5.32 Å². The van der Waals surface area contributed by atoms with E-state index in [4.69, 9.17) is 14.6 Å². The third-order valence-corrected chi connectivity index (χ3v) is 5.17. The summed E-state index contributed by atoms with van der Waals surface area (Å²) in [5, 5.41) is 11.6. The Labute approximate surface area is 189 Å². The molecule has 2 aromatic rings. The van der Waals surface area contributed by atoms with Gasteiger partial charge >= 0.3 is 6.18 Å². The fourth-order valence-corrected chi connectivity index (χ4v) is 3.37. The number of nitrogens with one attached hydrogen (secondary N) is 1. The van der Waals surface area contributed by atoms with Crippen LogP contribution >= 0.6 is 0 Å². The molecule has 0 bridgehead atoms. The average molecular weight is 467 g/mol. The Kier molecular flexibility index (Phi) is 8.46. The molecule has 0 spiro atoms. The normalized spacial score (nSPS) is 18.4. The van der Waals surface area contributed by atoms with Gasteiger partial charge in [-0.3, -0.25) is 4.79 Å². The molecule has 1 amide bonds. The third kappa shape index (κ3) is 7.30. The third-order valence-electron chi connectivity index (χ3n) is 5.17. The van der Waals surface area contributed by atoms with Crippen molar-refractivity contribution in [3.05, 3.63) is 82.9 Å². The van der Waals surface area contributed by atoms with Crippen LogP contribution in [0.25, 0.3) is 0 Å². The predicted octanol–water partition coefficient (Wildman–Crippen LogP) is 4.66. The van der Waals surface area contributed by atoms with Crippen molar-refractivity contribution in [3.8, 4) is 0 Å². The van der Waals surface area contributed by atoms with E-state index in [1.165, 1.54) is 24.3 Å². The molecular weight excluding hydrogens is 442 g/mol. The van der Waals surface area contributed by atoms with Gasteiger partial charge in [0, 0.05) is 25.5 Å². The van der Waals surface area contributed by atoms with Crippen molar-refractivity contribution < 1.29 is 36.9 Å². The summed E-state index contributed by atoms with van der Waals surface area (Å²) >= 11 is 0. The number of unbranched alkanes of at least 4 members (excludes halogenated alkanes) is 1. The minimum absolute atomic E-state index is 0.000387. The van der Waals surface area contributed by atoms with Crippen LogP contribution in [0.2, 0.25) is 0 Å². The van der Waals surface area contributed by atoms with E-state index < -0.39 is 29.9 Å². The Balaban J connectivity index is 1.73. The summed E-state index contributed by atoms with van der Waals surface area (Å²) in [6, 6.07) is 10.4. The van der Waals surface area contributed by atoms with Crippen LogP contribution < -0.4 is 5.32 Å². The highest BCUT2D eigenvalue weighted by atomic mass is 19.4. The minimum atomic E-state index is -4.44. The number of ether oxygens (including phenoxy) is 2. The van der Waals surface area contributed by atoms with E-state index in [1.54, 1.807) is 18.2 Å². The minimum Gasteiger partial charge on any atom is -0.459 e. The van der Waals surface area contributed by atoms with Crippen molar-refractivity contribution in [2.75, 3.05) is 13.2 Å². The Morgan fingerprint density at radius 2 is 1.79 bits per heavy atom. The Bertz CT molecular complexity index is 942. The molecule has 2 atom stereocenters. The molecule has 0 aliphatic carbocycles. The van der Waals surface area contributed by atoms with Crippen LogP contribution in [0.5, 0.6) is 0 Å². The number of aliphatic hydroxyl groups excluding tert-OH is 1. The van der Waals surface area contributed by atoms with Crippen molar-refractivity contribution in [2.24, 2.45) is 0 Å². The van der Waals surface area contributed by atoms with Gasteiger partial charge in [-0.15, -0.1) is 0 Å². The van der Waals surface area contributed by atoms with Gasteiger partial charge in [0.25, 0.3) is 5.91 Å². The van der Waals surface area contributed by atoms with Gasteiger partial charge in [0.15, 0.2) is 5.76 Å². The molecule has 0 saturated carbocycles. The summed E-state index contributed by atoms with van der Waals surface area (Å²) in [6.45, 7) is 0.474. The van der Waals surface area contributed by atoms with Gasteiger partial charge in [-0.2, -0.15) is 13.2 Å². The van der Waals surface area contributed by atoms with Crippen molar-refractivity contribution in [1.29, 1.82) is 0 Å². The number of allylic oxidation sites excluding steroid dienone is 1. The van der Waals surface area contributed by atoms with E-state index in [1.807, 2.05) is 0 Å². The SMILES string of the molecule is O=C(NCc1ccc(F)cc1)C1=C[C@H](c2ccc(C(F)(F)F)cc2)C[C@H](OCCCCO)O1. The van der Waals surface area contributed by atoms with Gasteiger partial charge < -0.3 is 19.9 Å². The Morgan fingerprint density at radius 1 is 1.09 bits per heavy atom. The zero-order valence-corrected chi connectivity index (χ0v) is 17.8. The van der Waals surface area contributed by atoms with Crippen LogP contribution in [0, 0.1) is 5.82 Å². The maximum absolute atomic E-state index is 13.1. The van der Waals surface area contributed by atoms with Crippen LogP contribution in [0.1, 0.15) is 41.9 Å². The molecule has 0 radical (unpaired) electrons. The molecule has 9 heteroatoms. The van der Waals surface area contributed by atoms with E-state index in [9.17, 15) is 22.4 Å². The zero-order chi connectivity index (χ0) is 23.8. The van der Waals surface area contributed by atoms with Crippen LogP contribution in [0.4, 0.5) is 17.6 Å². The molecule has 2 aromatic carbocycles. The summed E-state index contributed by atoms with van der Waals surface area (Å²) in [5.74, 6) is -1.29. The second kappa shape index (κ2) is 11.3. The largest absolute Gasteiger partial charge is 0.459 e. The number of rotatable bonds is 9. The first-order valence-electron chi connectivity index (χ1n) is 10.6. The number of benzene rings is 2. The first-order chi connectivity index (χ1) is 15.8. The lowest BCUT2D eigenvalue weighted by Crippen LogP contribution is -2.32. The number of alkyl halides is 3. The maximum atomic E-state index is 13.1. The van der Waals surface area contributed by atoms with Gasteiger partial charge in [-0.25, -0.2) is 4.39 Å². The molecular formula is C24H25F4NO4. The fraction of sp³-hybridized carbons (Fsp3) is 0.375. The average Bonchev–Trinajstić information content (AvgIpc) is 2.80. The molecule has 33 heavy (non-hydrogen) atoms. The van der Waals surface area contributed by atoms with Crippen molar-refractivity contribution >= 4 is 5.91 Å². The predicted molar refractivity (Wildman–Crippen MR) is 112 cm³/mol. The summed E-state index contributed by atoms with van der Waals surface area (Å²) in [5.41, 5.74) is 0.535. The quantitative estimate of drug-likeness (QED) is 0.416. The van der Waals surface area contributed by atoms with E-state index in [0.717, 1.165) is 12.1 Å². The molecule has 2 N–H and O–H groups in total. The highest BCUT2D eigenvalue weighted by molar-refractivity contribution is 5.91. The number of amides is 1. The number of hydrogen-bond donors (Lipinski definition) is 2. The molecule has 5 nitrogen and oxygen atoms in total. The lowest BCUT2D eigenvalue weighted by Gasteiger charge is -2.29. The lowest BCUT2D eigenvalue weighted by atomic mass is 9.92. The van der Waals surface area contributed by atoms with Crippen LogP contribution in [-0.4, -0.2) is 30.5 Å². The van der Waals surface area contributed by atoms with Gasteiger partial charge in [0.2, 0.25) is 6.29 Å². The van der Waals surface area contributed by atoms with Crippen molar-refractivity contribution in [2.45, 2.75) is 44.2 Å². The zero-order valence-electron chi connectivity index (χ0n) is 17.8. The Hall–Kier alpha value is -2.91. The molecule has 0 saturated heterocycles. The number of carbonyl (C=O) groups excluding carboxylic acids is 1. The molecule has 1 aliphatic rings. The Morgan fingerprint density at radius 3 is 2.42 bits per heavy atom. The van der Waals surface area contributed by atoms with Gasteiger partial charge in [0.05, 0.1) is 12.2 Å². The molecule has 3 rings (SSSR count). The number of halogens is 4. The highest BCUT2D eigenvalue weighted by Crippen LogP contribution is 2.34. The lowest BCUT2D eigenvalue weighted by molar-refractivity contribution is -0.146. The van der Waals surface area contributed by atoms with E-state index >= 15 is 0 Å². The van der Waals surface area contributed by atoms with Crippen LogP contribution in [-0.2, 0) is 27.0 Å². The second-order valence-corrected chi connectivity index (χ2v) is 7.65. The van der Waals surface area contributed by atoms with Crippen LogP contribution in [0.15, 0.2) is 60.4 Å². The summed E-state index contributed by atoms with van der Waals surface area (Å²) in [7, 11) is 0. The standard InChI is InChI=1S/C24H25F4NO4/c25-20-9-3-16(4-10-20)15-29-23(31)21-13-18(14-22(33-21)32-12-2-1-11-30)17-5-7-19(8-6-17)24(26,27)28/h3-10,13,18,22,30H,1-2,11-12,14-15H2,(H,29,31)/t18-,22+/m0/s1. The number of aliphatic hydroxyl groups is 1. The first kappa shape index (κ1) is 24.7. The van der Waals surface area contributed by atoms with Crippen molar-refractivity contribution in [3.63, 3.8) is 0 Å². The molecule has 178 valence electrons. The highest BCUT2D eigenvalue weighted by Gasteiger charge is 2.32. The summed E-state index contributed by atoms with van der Waals surface area (Å²) < 4.78 is 63.1. The maximum Gasteiger partial charge on any atom is 0.416 e. The molecule has 1 aliphatic heterocycles. The van der Waals surface area contributed by atoms with Gasteiger partial charge in [-0.1, -0.05) is 24.3 Å². The van der Waals surface area contributed by atoms with E-state index in [-0.39, 0.29) is 24.7 Å². The second-order valence-electron chi connectivity index (χ2n) is 7.65. The number of hydrogen-bond acceptors (Lipinski definition) is 4.